The zero-order chi connectivity index (χ0) is 9.84. The van der Waals surface area contributed by atoms with E-state index in [1.807, 2.05) is 0 Å². The summed E-state index contributed by atoms with van der Waals surface area (Å²) in [7, 11) is 0. The van der Waals surface area contributed by atoms with Gasteiger partial charge in [0, 0.05) is 5.56 Å². The minimum Gasteiger partial charge on any atom is -0.296 e. The van der Waals surface area contributed by atoms with Gasteiger partial charge in [-0.2, -0.15) is 0 Å². The second-order valence-electron chi connectivity index (χ2n) is 2.70. The van der Waals surface area contributed by atoms with Crippen molar-refractivity contribution in [2.75, 3.05) is 0 Å². The maximum absolute atomic E-state index is 12.9. The van der Waals surface area contributed by atoms with Crippen LogP contribution in [0.2, 0.25) is 0 Å². The smallest absolute Gasteiger partial charge is 0.220 e. The van der Waals surface area contributed by atoms with Crippen LogP contribution >= 0.6 is 0 Å². The lowest BCUT2D eigenvalue weighted by atomic mass is 10.1. The predicted octanol–water partition coefficient (Wildman–Crippen LogP) is 1.80. The van der Waals surface area contributed by atoms with Crippen molar-refractivity contribution in [3.05, 3.63) is 35.9 Å². The number of carbonyl (C=O) groups is 2. The fourth-order valence-corrected chi connectivity index (χ4v) is 0.933. The van der Waals surface area contributed by atoms with Crippen LogP contribution in [0.3, 0.4) is 0 Å². The van der Waals surface area contributed by atoms with Crippen molar-refractivity contribution in [3.63, 3.8) is 0 Å². The molecule has 0 aliphatic heterocycles. The highest BCUT2D eigenvalue weighted by Gasteiger charge is 2.22. The Balaban J connectivity index is 2.86. The average molecular weight is 180 g/mol. The molecule has 1 rings (SSSR count). The summed E-state index contributed by atoms with van der Waals surface area (Å²) in [5.41, 5.74) is 0.227. The van der Waals surface area contributed by atoms with E-state index < -0.39 is 17.7 Å². The number of halogens is 1. The molecule has 0 aliphatic carbocycles. The Labute approximate surface area is 75.4 Å². The molecule has 0 radical (unpaired) electrons. The molecule has 0 aliphatic rings. The van der Waals surface area contributed by atoms with Gasteiger partial charge < -0.3 is 0 Å². The van der Waals surface area contributed by atoms with E-state index >= 15 is 0 Å². The Bertz CT molecular complexity index is 319. The van der Waals surface area contributed by atoms with Crippen LogP contribution < -0.4 is 0 Å². The van der Waals surface area contributed by atoms with Crippen LogP contribution in [-0.2, 0) is 4.79 Å². The van der Waals surface area contributed by atoms with Crippen LogP contribution in [0.5, 0.6) is 0 Å². The van der Waals surface area contributed by atoms with Crippen molar-refractivity contribution in [1.82, 2.24) is 0 Å². The van der Waals surface area contributed by atoms with Gasteiger partial charge in [-0.3, -0.25) is 9.59 Å². The summed E-state index contributed by atoms with van der Waals surface area (Å²) in [5.74, 6) is -1.53. The number of ketones is 2. The van der Waals surface area contributed by atoms with E-state index in [-0.39, 0.29) is 5.56 Å². The Morgan fingerprint density at radius 2 is 1.77 bits per heavy atom. The summed E-state index contributed by atoms with van der Waals surface area (Å²) in [6.45, 7) is 1.06. The van der Waals surface area contributed by atoms with Crippen molar-refractivity contribution in [2.45, 2.75) is 13.1 Å². The van der Waals surface area contributed by atoms with Gasteiger partial charge in [0.05, 0.1) is 0 Å². The summed E-state index contributed by atoms with van der Waals surface area (Å²) in [6.07, 6.45) is -2.03. The van der Waals surface area contributed by atoms with E-state index in [2.05, 4.69) is 0 Å². The lowest BCUT2D eigenvalue weighted by Gasteiger charge is -2.02. The van der Waals surface area contributed by atoms with E-state index in [1.165, 1.54) is 12.1 Å². The summed E-state index contributed by atoms with van der Waals surface area (Å²) in [6, 6.07) is 7.94. The first-order valence-electron chi connectivity index (χ1n) is 3.86. The van der Waals surface area contributed by atoms with E-state index in [0.29, 0.717) is 0 Å². The molecule has 0 heterocycles. The Morgan fingerprint density at radius 1 is 1.23 bits per heavy atom. The van der Waals surface area contributed by atoms with Crippen molar-refractivity contribution in [3.8, 4) is 0 Å². The van der Waals surface area contributed by atoms with Gasteiger partial charge >= 0.3 is 0 Å². The first-order chi connectivity index (χ1) is 6.13. The molecule has 0 N–H and O–H groups in total. The molecule has 0 aromatic heterocycles. The second kappa shape index (κ2) is 3.94. The molecule has 13 heavy (non-hydrogen) atoms. The lowest BCUT2D eigenvalue weighted by molar-refractivity contribution is -0.120. The van der Waals surface area contributed by atoms with E-state index in [4.69, 9.17) is 0 Å². The molecule has 0 fully saturated rings. The summed E-state index contributed by atoms with van der Waals surface area (Å²) >= 11 is 0. The monoisotopic (exact) mass is 180 g/mol. The van der Waals surface area contributed by atoms with Crippen LogP contribution in [-0.4, -0.2) is 17.7 Å². The fourth-order valence-electron chi connectivity index (χ4n) is 0.933. The molecular weight excluding hydrogens is 171 g/mol. The first kappa shape index (κ1) is 9.58. The Hall–Kier alpha value is -1.51. The maximum Gasteiger partial charge on any atom is 0.220 e. The van der Waals surface area contributed by atoms with Crippen molar-refractivity contribution >= 4 is 11.6 Å². The van der Waals surface area contributed by atoms with Crippen molar-refractivity contribution in [2.24, 2.45) is 0 Å². The molecule has 68 valence electrons. The van der Waals surface area contributed by atoms with Crippen LogP contribution in [0.25, 0.3) is 0 Å². The summed E-state index contributed by atoms with van der Waals surface area (Å²) < 4.78 is 12.9. The Kier molecular flexibility index (Phi) is 2.90. The molecule has 1 aromatic rings. The van der Waals surface area contributed by atoms with E-state index in [9.17, 15) is 14.0 Å². The average Bonchev–Trinajstić information content (AvgIpc) is 2.17. The number of hydrogen-bond acceptors (Lipinski definition) is 2. The maximum atomic E-state index is 12.9. The van der Waals surface area contributed by atoms with Gasteiger partial charge in [-0.15, -0.1) is 0 Å². The van der Waals surface area contributed by atoms with Gasteiger partial charge in [-0.05, 0) is 6.92 Å². The molecule has 0 bridgehead atoms. The van der Waals surface area contributed by atoms with Crippen LogP contribution in [0.4, 0.5) is 4.39 Å². The number of rotatable bonds is 3. The summed E-state index contributed by atoms with van der Waals surface area (Å²) in [4.78, 5) is 21.8. The molecule has 0 spiro atoms. The van der Waals surface area contributed by atoms with Gasteiger partial charge in [0.25, 0.3) is 0 Å². The molecule has 0 saturated heterocycles. The third-order valence-electron chi connectivity index (χ3n) is 1.65. The van der Waals surface area contributed by atoms with Gasteiger partial charge in [0.1, 0.15) is 0 Å². The standard InChI is InChI=1S/C10H9FO2/c1-7(12)9(11)10(13)8-5-3-2-4-6-8/h2-6,9H,1H3/t9-/m1/s1. The fraction of sp³-hybridized carbons (Fsp3) is 0.200. The molecule has 0 saturated carbocycles. The van der Waals surface area contributed by atoms with Crippen LogP contribution in [0.15, 0.2) is 30.3 Å². The van der Waals surface area contributed by atoms with Gasteiger partial charge in [-0.25, -0.2) is 4.39 Å². The number of alkyl halides is 1. The van der Waals surface area contributed by atoms with E-state index in [0.717, 1.165) is 6.92 Å². The second-order valence-corrected chi connectivity index (χ2v) is 2.70. The molecular formula is C10H9FO2. The molecule has 0 unspecified atom stereocenters. The molecule has 3 heteroatoms. The molecule has 0 amide bonds. The highest BCUT2D eigenvalue weighted by molar-refractivity contribution is 6.12. The van der Waals surface area contributed by atoms with Crippen molar-refractivity contribution < 1.29 is 14.0 Å². The quantitative estimate of drug-likeness (QED) is 0.525. The van der Waals surface area contributed by atoms with Gasteiger partial charge in [0.2, 0.25) is 12.0 Å². The third-order valence-corrected chi connectivity index (χ3v) is 1.65. The lowest BCUT2D eigenvalue weighted by Crippen LogP contribution is -2.23. The number of benzene rings is 1. The van der Waals surface area contributed by atoms with Gasteiger partial charge in [-0.1, -0.05) is 30.3 Å². The van der Waals surface area contributed by atoms with Crippen LogP contribution in [0.1, 0.15) is 17.3 Å². The zero-order valence-corrected chi connectivity index (χ0v) is 7.16. The molecule has 1 aromatic carbocycles. The van der Waals surface area contributed by atoms with Crippen LogP contribution in [0, 0.1) is 0 Å². The number of carbonyl (C=O) groups excluding carboxylic acids is 2. The first-order valence-corrected chi connectivity index (χ1v) is 3.86. The third kappa shape index (κ3) is 2.21. The highest BCUT2D eigenvalue weighted by Crippen LogP contribution is 2.06. The minimum absolute atomic E-state index is 0.227. The minimum atomic E-state index is -2.03. The van der Waals surface area contributed by atoms with E-state index in [1.54, 1.807) is 18.2 Å². The summed E-state index contributed by atoms with van der Waals surface area (Å²) in [5, 5.41) is 0. The molecule has 1 atom stereocenters. The number of Topliss-reactive ketones (excluding diaryl/α,β-unsaturated/α-hetero) is 2. The zero-order valence-electron chi connectivity index (χ0n) is 7.16. The van der Waals surface area contributed by atoms with Gasteiger partial charge in [0.15, 0.2) is 5.78 Å². The topological polar surface area (TPSA) is 34.1 Å². The number of hydrogen-bond donors (Lipinski definition) is 0. The normalized spacial score (nSPS) is 12.2. The molecule has 2 nitrogen and oxygen atoms in total. The SMILES string of the molecule is CC(=O)[C@@H](F)C(=O)c1ccccc1. The Morgan fingerprint density at radius 3 is 2.23 bits per heavy atom. The largest absolute Gasteiger partial charge is 0.296 e. The highest BCUT2D eigenvalue weighted by atomic mass is 19.1. The predicted molar refractivity (Wildman–Crippen MR) is 46.3 cm³/mol. The van der Waals surface area contributed by atoms with Crippen molar-refractivity contribution in [1.29, 1.82) is 0 Å².